The molecule has 2 heterocycles. The number of aliphatic hydroxyl groups excluding tert-OH is 1. The topological polar surface area (TPSA) is 71.8 Å². The Morgan fingerprint density at radius 2 is 1.65 bits per heavy atom. The van der Waals surface area contributed by atoms with Crippen LogP contribution < -0.4 is 0 Å². The van der Waals surface area contributed by atoms with Gasteiger partial charge in [-0.25, -0.2) is 4.79 Å². The molecule has 0 aliphatic carbocycles. The molecule has 0 unspecified atom stereocenters. The molecule has 3 aromatic carbocycles. The number of halogens is 2. The van der Waals surface area contributed by atoms with Gasteiger partial charge in [0, 0.05) is 35.1 Å². The highest BCUT2D eigenvalue weighted by Gasteiger charge is 2.53. The van der Waals surface area contributed by atoms with Crippen LogP contribution in [0.1, 0.15) is 34.3 Å². The molecule has 0 saturated carbocycles. The average molecular weight is 505 g/mol. The molecule has 0 spiro atoms. The van der Waals surface area contributed by atoms with E-state index in [4.69, 9.17) is 4.74 Å². The molecule has 0 saturated heterocycles. The number of benzene rings is 3. The molecular formula is C29H26F2N2O4. The number of fused-ring (bicyclic) bond motifs is 5. The van der Waals surface area contributed by atoms with Gasteiger partial charge >= 0.3 is 11.9 Å². The van der Waals surface area contributed by atoms with Crippen molar-refractivity contribution < 1.29 is 28.2 Å². The summed E-state index contributed by atoms with van der Waals surface area (Å²) in [7, 11) is 0. The Bertz CT molecular complexity index is 1470. The highest BCUT2D eigenvalue weighted by atomic mass is 19.3. The molecule has 4 aromatic rings. The first-order valence-corrected chi connectivity index (χ1v) is 12.1. The third kappa shape index (κ3) is 4.17. The quantitative estimate of drug-likeness (QED) is 0.374. The average Bonchev–Trinajstić information content (AvgIpc) is 3.22. The zero-order chi connectivity index (χ0) is 26.2. The van der Waals surface area contributed by atoms with E-state index in [-0.39, 0.29) is 17.7 Å². The summed E-state index contributed by atoms with van der Waals surface area (Å²) in [6.45, 7) is 0.265. The summed E-state index contributed by atoms with van der Waals surface area (Å²) in [6, 6.07) is 23.5. The van der Waals surface area contributed by atoms with Crippen molar-refractivity contribution in [3.05, 3.63) is 95.6 Å². The highest BCUT2D eigenvalue weighted by molar-refractivity contribution is 6.04. The molecule has 37 heavy (non-hydrogen) atoms. The van der Waals surface area contributed by atoms with Crippen LogP contribution in [-0.4, -0.2) is 52.3 Å². The number of alkyl halides is 2. The minimum atomic E-state index is -3.97. The largest absolute Gasteiger partial charge is 0.462 e. The van der Waals surface area contributed by atoms with E-state index in [1.54, 1.807) is 36.4 Å². The van der Waals surface area contributed by atoms with E-state index in [1.165, 1.54) is 6.92 Å². The van der Waals surface area contributed by atoms with Crippen LogP contribution in [0.15, 0.2) is 78.9 Å². The van der Waals surface area contributed by atoms with Gasteiger partial charge in [-0.15, -0.1) is 0 Å². The molecule has 1 aliphatic heterocycles. The summed E-state index contributed by atoms with van der Waals surface area (Å²) < 4.78 is 38.6. The monoisotopic (exact) mass is 504 g/mol. The molecule has 1 amide bonds. The first-order valence-electron chi connectivity index (χ1n) is 12.1. The van der Waals surface area contributed by atoms with Crippen molar-refractivity contribution in [3.8, 4) is 11.3 Å². The normalized spacial score (nSPS) is 15.6. The lowest BCUT2D eigenvalue weighted by atomic mass is 9.85. The van der Waals surface area contributed by atoms with Crippen LogP contribution in [0.4, 0.5) is 8.78 Å². The van der Waals surface area contributed by atoms with E-state index >= 15 is 8.78 Å². The van der Waals surface area contributed by atoms with Crippen LogP contribution in [0.25, 0.3) is 22.2 Å². The second kappa shape index (κ2) is 9.78. The zero-order valence-electron chi connectivity index (χ0n) is 20.2. The Kier molecular flexibility index (Phi) is 6.52. The molecule has 1 aromatic heterocycles. The van der Waals surface area contributed by atoms with Crippen LogP contribution in [0.5, 0.6) is 0 Å². The molecule has 1 N–H and O–H groups in total. The molecule has 190 valence electrons. The number of hydrogen-bond acceptors (Lipinski definition) is 4. The van der Waals surface area contributed by atoms with Crippen LogP contribution in [0.3, 0.4) is 0 Å². The number of carbonyl (C=O) groups excluding carboxylic acids is 2. The fourth-order valence-corrected chi connectivity index (χ4v) is 5.13. The van der Waals surface area contributed by atoms with E-state index in [0.717, 1.165) is 10.5 Å². The van der Waals surface area contributed by atoms with E-state index in [2.05, 4.69) is 0 Å². The standard InChI is InChI=1S/C29H26F2N2O4/c1-2-37-28(36)29(30,31)23-17-32(18-34)27(35)21-13-7-6-12-20(21)26-25(23)22-14-8-9-15-24(22)33(26)16-19-10-4-3-5-11-19/h3-15,23,34H,2,16-18H2,1H3/t23-/m0/s1. The van der Waals surface area contributed by atoms with Crippen LogP contribution >= 0.6 is 0 Å². The van der Waals surface area contributed by atoms with Crippen molar-refractivity contribution in [1.29, 1.82) is 0 Å². The van der Waals surface area contributed by atoms with Crippen molar-refractivity contribution in [2.75, 3.05) is 19.9 Å². The minimum Gasteiger partial charge on any atom is -0.462 e. The maximum atomic E-state index is 16.0. The number of aliphatic hydroxyl groups is 1. The Balaban J connectivity index is 1.88. The van der Waals surface area contributed by atoms with E-state index in [0.29, 0.717) is 28.7 Å². The Hall–Kier alpha value is -4.04. The predicted molar refractivity (Wildman–Crippen MR) is 135 cm³/mol. The van der Waals surface area contributed by atoms with Crippen LogP contribution in [-0.2, 0) is 16.1 Å². The summed E-state index contributed by atoms with van der Waals surface area (Å²) >= 11 is 0. The van der Waals surface area contributed by atoms with Crippen LogP contribution in [0.2, 0.25) is 0 Å². The summed E-state index contributed by atoms with van der Waals surface area (Å²) in [5, 5.41) is 10.6. The summed E-state index contributed by atoms with van der Waals surface area (Å²) in [4.78, 5) is 27.0. The number of nitrogens with zero attached hydrogens (tertiary/aromatic N) is 2. The number of aromatic nitrogens is 1. The molecule has 1 aliphatic rings. The molecule has 0 bridgehead atoms. The number of rotatable bonds is 6. The second-order valence-corrected chi connectivity index (χ2v) is 8.96. The first kappa shape index (κ1) is 24.6. The Morgan fingerprint density at radius 3 is 2.35 bits per heavy atom. The van der Waals surface area contributed by atoms with E-state index < -0.39 is 37.0 Å². The first-order chi connectivity index (χ1) is 17.9. The fraction of sp³-hybridized carbons (Fsp3) is 0.241. The Labute approximate surface area is 212 Å². The van der Waals surface area contributed by atoms with Crippen LogP contribution in [0, 0.1) is 0 Å². The molecule has 6 nitrogen and oxygen atoms in total. The number of esters is 1. The van der Waals surface area contributed by atoms with Crippen molar-refractivity contribution >= 4 is 22.8 Å². The van der Waals surface area contributed by atoms with Gasteiger partial charge in [0.25, 0.3) is 5.91 Å². The number of hydrogen-bond donors (Lipinski definition) is 1. The molecule has 0 radical (unpaired) electrons. The van der Waals surface area contributed by atoms with E-state index in [1.807, 2.05) is 47.0 Å². The predicted octanol–water partition coefficient (Wildman–Crippen LogP) is 5.04. The van der Waals surface area contributed by atoms with Crippen molar-refractivity contribution in [3.63, 3.8) is 0 Å². The van der Waals surface area contributed by atoms with Crippen molar-refractivity contribution in [2.45, 2.75) is 25.3 Å². The third-order valence-corrected chi connectivity index (χ3v) is 6.80. The molecular weight excluding hydrogens is 478 g/mol. The van der Waals surface area contributed by atoms with Gasteiger partial charge in [0.05, 0.1) is 18.2 Å². The maximum Gasteiger partial charge on any atom is 0.377 e. The SMILES string of the molecule is CCOC(=O)C(F)(F)[C@H]1CN(CO)C(=O)c2ccccc2-c2c1c1ccccc1n2Cc1ccccc1. The minimum absolute atomic E-state index is 0.213. The fourth-order valence-electron chi connectivity index (χ4n) is 5.13. The van der Waals surface area contributed by atoms with E-state index in [9.17, 15) is 14.7 Å². The highest BCUT2D eigenvalue weighted by Crippen LogP contribution is 2.47. The molecule has 8 heteroatoms. The number of para-hydroxylation sites is 1. The summed E-state index contributed by atoms with van der Waals surface area (Å²) in [6.07, 6.45) is 0. The lowest BCUT2D eigenvalue weighted by molar-refractivity contribution is -0.175. The zero-order valence-corrected chi connectivity index (χ0v) is 20.2. The van der Waals surface area contributed by atoms with Gasteiger partial charge in [-0.1, -0.05) is 66.7 Å². The lowest BCUT2D eigenvalue weighted by Gasteiger charge is -2.33. The van der Waals surface area contributed by atoms with Gasteiger partial charge in [0.2, 0.25) is 0 Å². The molecule has 0 fully saturated rings. The maximum absolute atomic E-state index is 16.0. The summed E-state index contributed by atoms with van der Waals surface area (Å²) in [5.74, 6) is -7.98. The van der Waals surface area contributed by atoms with Gasteiger partial charge in [-0.2, -0.15) is 8.78 Å². The smallest absolute Gasteiger partial charge is 0.377 e. The Morgan fingerprint density at radius 1 is 1.00 bits per heavy atom. The van der Waals surface area contributed by atoms with Gasteiger partial charge < -0.3 is 19.3 Å². The lowest BCUT2D eigenvalue weighted by Crippen LogP contribution is -2.46. The molecule has 5 rings (SSSR count). The van der Waals surface area contributed by atoms with Gasteiger partial charge in [-0.05, 0) is 30.2 Å². The number of carbonyl (C=O) groups is 2. The number of ether oxygens (including phenoxy) is 1. The van der Waals surface area contributed by atoms with Gasteiger partial charge in [0.15, 0.2) is 0 Å². The third-order valence-electron chi connectivity index (χ3n) is 6.80. The van der Waals surface area contributed by atoms with Crippen molar-refractivity contribution in [2.24, 2.45) is 0 Å². The number of amides is 1. The van der Waals surface area contributed by atoms with Gasteiger partial charge in [0.1, 0.15) is 6.73 Å². The van der Waals surface area contributed by atoms with Crippen molar-refractivity contribution in [1.82, 2.24) is 9.47 Å². The second-order valence-electron chi connectivity index (χ2n) is 8.96. The molecule has 1 atom stereocenters. The summed E-state index contributed by atoms with van der Waals surface area (Å²) in [5.41, 5.74) is 3.07. The van der Waals surface area contributed by atoms with Gasteiger partial charge in [-0.3, -0.25) is 4.79 Å².